The van der Waals surface area contributed by atoms with Gasteiger partial charge in [-0.2, -0.15) is 11.8 Å². The maximum Gasteiger partial charge on any atom is 0.326 e. The van der Waals surface area contributed by atoms with Crippen LogP contribution in [0, 0.1) is 5.41 Å². The van der Waals surface area contributed by atoms with Gasteiger partial charge in [0, 0.05) is 7.11 Å². The van der Waals surface area contributed by atoms with Crippen LogP contribution in [0.4, 0.5) is 0 Å². The summed E-state index contributed by atoms with van der Waals surface area (Å²) in [5.74, 6) is -0.473. The van der Waals surface area contributed by atoms with E-state index >= 15 is 0 Å². The molecule has 0 unspecified atom stereocenters. The van der Waals surface area contributed by atoms with E-state index in [1.54, 1.807) is 18.9 Å². The fourth-order valence-corrected chi connectivity index (χ4v) is 2.89. The lowest BCUT2D eigenvalue weighted by atomic mass is 9.78. The number of hydrogen-bond acceptors (Lipinski definition) is 5. The summed E-state index contributed by atoms with van der Waals surface area (Å²) in [5.41, 5.74) is -0.604. The highest BCUT2D eigenvalue weighted by Gasteiger charge is 2.41. The third kappa shape index (κ3) is 4.64. The number of hydrogen-bond donors (Lipinski definition) is 3. The fraction of sp³-hybridized carbons (Fsp3) is 0.846. The molecule has 116 valence electrons. The Morgan fingerprint density at radius 3 is 2.60 bits per heavy atom. The summed E-state index contributed by atoms with van der Waals surface area (Å²) in [6, 6.07) is -0.821. The number of amides is 1. The van der Waals surface area contributed by atoms with Crippen LogP contribution in [0.2, 0.25) is 0 Å². The monoisotopic (exact) mass is 304 g/mol. The average molecular weight is 304 g/mol. The van der Waals surface area contributed by atoms with Crippen LogP contribution in [-0.2, 0) is 14.3 Å². The number of piperidine rings is 1. The van der Waals surface area contributed by atoms with Gasteiger partial charge in [0.1, 0.15) is 6.04 Å². The van der Waals surface area contributed by atoms with Gasteiger partial charge in [-0.3, -0.25) is 4.79 Å². The molecule has 20 heavy (non-hydrogen) atoms. The first-order chi connectivity index (χ1) is 9.55. The van der Waals surface area contributed by atoms with Gasteiger partial charge >= 0.3 is 5.97 Å². The summed E-state index contributed by atoms with van der Waals surface area (Å²) in [6.45, 7) is 1.83. The van der Waals surface area contributed by atoms with Crippen molar-refractivity contribution in [2.75, 3.05) is 38.8 Å². The Labute approximate surface area is 124 Å². The van der Waals surface area contributed by atoms with Crippen molar-refractivity contribution in [1.82, 2.24) is 10.6 Å². The Balaban J connectivity index is 2.70. The largest absolute Gasteiger partial charge is 0.480 e. The minimum atomic E-state index is -0.978. The smallest absolute Gasteiger partial charge is 0.326 e. The number of thioether (sulfide) groups is 1. The number of methoxy groups -OCH3 is 1. The van der Waals surface area contributed by atoms with Crippen LogP contribution in [-0.4, -0.2) is 61.8 Å². The molecule has 0 spiro atoms. The first-order valence-electron chi connectivity index (χ1n) is 6.78. The molecule has 1 rings (SSSR count). The molecular formula is C13H24N2O4S. The Bertz CT molecular complexity index is 327. The SMILES string of the molecule is COCC1(C(=O)N[C@@H](CCSC)C(=O)O)CCNCC1. The Morgan fingerprint density at radius 1 is 1.45 bits per heavy atom. The first-order valence-corrected chi connectivity index (χ1v) is 8.17. The van der Waals surface area contributed by atoms with Gasteiger partial charge in [-0.25, -0.2) is 4.79 Å². The van der Waals surface area contributed by atoms with Crippen LogP contribution in [0.3, 0.4) is 0 Å². The van der Waals surface area contributed by atoms with Gasteiger partial charge in [-0.05, 0) is 44.4 Å². The lowest BCUT2D eigenvalue weighted by Crippen LogP contribution is -2.54. The summed E-state index contributed by atoms with van der Waals surface area (Å²) in [5, 5.41) is 15.1. The molecule has 0 saturated carbocycles. The normalized spacial score (nSPS) is 19.3. The van der Waals surface area contributed by atoms with Crippen LogP contribution >= 0.6 is 11.8 Å². The van der Waals surface area contributed by atoms with Gasteiger partial charge in [0.2, 0.25) is 5.91 Å². The number of carboxylic acid groups (broad SMARTS) is 1. The summed E-state index contributed by atoms with van der Waals surface area (Å²) < 4.78 is 5.19. The molecular weight excluding hydrogens is 280 g/mol. The quantitative estimate of drug-likeness (QED) is 0.599. The van der Waals surface area contributed by atoms with E-state index in [9.17, 15) is 14.7 Å². The standard InChI is InChI=1S/C13H24N2O4S/c1-19-9-13(4-6-14-7-5-13)12(18)15-10(11(16)17)3-8-20-2/h10,14H,3-9H2,1-2H3,(H,15,18)(H,16,17)/t10-/m0/s1. The van der Waals surface area contributed by atoms with Crippen molar-refractivity contribution in [3.05, 3.63) is 0 Å². The Kier molecular flexibility index (Phi) is 7.32. The highest BCUT2D eigenvalue weighted by molar-refractivity contribution is 7.98. The van der Waals surface area contributed by atoms with Crippen LogP contribution in [0.5, 0.6) is 0 Å². The first kappa shape index (κ1) is 17.3. The maximum atomic E-state index is 12.5. The fourth-order valence-electron chi connectivity index (χ4n) is 2.42. The predicted octanol–water partition coefficient (Wildman–Crippen LogP) is 0.325. The molecule has 1 saturated heterocycles. The lowest BCUT2D eigenvalue weighted by Gasteiger charge is -2.36. The number of aliphatic carboxylic acids is 1. The number of ether oxygens (including phenoxy) is 1. The molecule has 0 bridgehead atoms. The highest BCUT2D eigenvalue weighted by atomic mass is 32.2. The minimum Gasteiger partial charge on any atom is -0.480 e. The van der Waals surface area contributed by atoms with Gasteiger partial charge in [-0.1, -0.05) is 0 Å². The van der Waals surface area contributed by atoms with E-state index in [2.05, 4.69) is 10.6 Å². The maximum absolute atomic E-state index is 12.5. The van der Waals surface area contributed by atoms with E-state index in [1.165, 1.54) is 0 Å². The van der Waals surface area contributed by atoms with Gasteiger partial charge in [-0.15, -0.1) is 0 Å². The van der Waals surface area contributed by atoms with Crippen molar-refractivity contribution in [2.45, 2.75) is 25.3 Å². The molecule has 0 aliphatic carbocycles. The Morgan fingerprint density at radius 2 is 2.10 bits per heavy atom. The van der Waals surface area contributed by atoms with E-state index in [0.717, 1.165) is 13.1 Å². The average Bonchev–Trinajstić information content (AvgIpc) is 2.44. The molecule has 1 atom stereocenters. The van der Waals surface area contributed by atoms with Crippen LogP contribution in [0.25, 0.3) is 0 Å². The molecule has 1 fully saturated rings. The summed E-state index contributed by atoms with van der Waals surface area (Å²) in [6.07, 6.45) is 3.69. The minimum absolute atomic E-state index is 0.200. The molecule has 3 N–H and O–H groups in total. The van der Waals surface area contributed by atoms with Crippen LogP contribution in [0.15, 0.2) is 0 Å². The molecule has 0 aromatic heterocycles. The summed E-state index contributed by atoms with van der Waals surface area (Å²) >= 11 is 1.57. The number of carbonyl (C=O) groups excluding carboxylic acids is 1. The molecule has 1 aliphatic rings. The van der Waals surface area contributed by atoms with Gasteiger partial charge < -0.3 is 20.5 Å². The van der Waals surface area contributed by atoms with E-state index in [-0.39, 0.29) is 5.91 Å². The van der Waals surface area contributed by atoms with Crippen molar-refractivity contribution in [2.24, 2.45) is 5.41 Å². The summed E-state index contributed by atoms with van der Waals surface area (Å²) in [7, 11) is 1.57. The number of carboxylic acids is 1. The Hall–Kier alpha value is -0.790. The molecule has 0 radical (unpaired) electrons. The topological polar surface area (TPSA) is 87.7 Å². The van der Waals surface area contributed by atoms with Gasteiger partial charge in [0.15, 0.2) is 0 Å². The zero-order chi connectivity index (χ0) is 15.0. The molecule has 1 heterocycles. The molecule has 1 amide bonds. The zero-order valence-electron chi connectivity index (χ0n) is 12.1. The second-order valence-electron chi connectivity index (χ2n) is 5.11. The molecule has 0 aromatic carbocycles. The predicted molar refractivity (Wildman–Crippen MR) is 79.0 cm³/mol. The van der Waals surface area contributed by atoms with Crippen LogP contribution in [0.1, 0.15) is 19.3 Å². The third-order valence-electron chi connectivity index (χ3n) is 3.68. The molecule has 6 nitrogen and oxygen atoms in total. The van der Waals surface area contributed by atoms with Crippen LogP contribution < -0.4 is 10.6 Å². The van der Waals surface area contributed by atoms with Gasteiger partial charge in [0.25, 0.3) is 0 Å². The van der Waals surface area contributed by atoms with Crippen molar-refractivity contribution in [3.8, 4) is 0 Å². The molecule has 7 heteroatoms. The van der Waals surface area contributed by atoms with E-state index in [4.69, 9.17) is 4.74 Å². The van der Waals surface area contributed by atoms with E-state index in [0.29, 0.717) is 31.6 Å². The molecule has 1 aliphatic heterocycles. The number of nitrogens with one attached hydrogen (secondary N) is 2. The second kappa shape index (κ2) is 8.49. The van der Waals surface area contributed by atoms with E-state index < -0.39 is 17.4 Å². The number of carbonyl (C=O) groups is 2. The van der Waals surface area contributed by atoms with Crippen molar-refractivity contribution >= 4 is 23.6 Å². The highest BCUT2D eigenvalue weighted by Crippen LogP contribution is 2.29. The van der Waals surface area contributed by atoms with Gasteiger partial charge in [0.05, 0.1) is 12.0 Å². The zero-order valence-corrected chi connectivity index (χ0v) is 12.9. The summed E-state index contributed by atoms with van der Waals surface area (Å²) in [4.78, 5) is 23.7. The second-order valence-corrected chi connectivity index (χ2v) is 6.09. The van der Waals surface area contributed by atoms with Crippen molar-refractivity contribution in [1.29, 1.82) is 0 Å². The van der Waals surface area contributed by atoms with Crippen molar-refractivity contribution < 1.29 is 19.4 Å². The number of rotatable bonds is 8. The molecule has 0 aromatic rings. The van der Waals surface area contributed by atoms with Crippen molar-refractivity contribution in [3.63, 3.8) is 0 Å². The lowest BCUT2D eigenvalue weighted by molar-refractivity contribution is -0.146. The van der Waals surface area contributed by atoms with E-state index in [1.807, 2.05) is 6.26 Å². The third-order valence-corrected chi connectivity index (χ3v) is 4.32.